The van der Waals surface area contributed by atoms with Gasteiger partial charge in [-0.2, -0.15) is 0 Å². The average Bonchev–Trinajstić information content (AvgIpc) is 2.82. The number of carbonyl (C=O) groups is 2. The van der Waals surface area contributed by atoms with Gasteiger partial charge in [0.25, 0.3) is 0 Å². The number of hydrogen-bond acceptors (Lipinski definition) is 4. The number of fused-ring (bicyclic) bond motifs is 1. The molecular weight excluding hydrogens is 246 g/mol. The highest BCUT2D eigenvalue weighted by molar-refractivity contribution is 5.73. The van der Waals surface area contributed by atoms with Crippen molar-refractivity contribution in [2.24, 2.45) is 17.8 Å². The minimum Gasteiger partial charge on any atom is -0.469 e. The van der Waals surface area contributed by atoms with Crippen LogP contribution in [0.1, 0.15) is 33.6 Å². The monoisotopic (exact) mass is 269 g/mol. The zero-order valence-electron chi connectivity index (χ0n) is 12.1. The topological polar surface area (TPSA) is 55.8 Å². The van der Waals surface area contributed by atoms with Crippen LogP contribution in [-0.2, 0) is 14.3 Å². The summed E-state index contributed by atoms with van der Waals surface area (Å²) in [6.07, 6.45) is 1.42. The maximum absolute atomic E-state index is 12.0. The second-order valence-corrected chi connectivity index (χ2v) is 6.60. The van der Waals surface area contributed by atoms with E-state index in [0.29, 0.717) is 24.9 Å². The molecule has 108 valence electrons. The average molecular weight is 269 g/mol. The highest BCUT2D eigenvalue weighted by Gasteiger charge is 2.45. The summed E-state index contributed by atoms with van der Waals surface area (Å²) >= 11 is 0. The number of rotatable bonds is 1. The largest absolute Gasteiger partial charge is 0.469 e. The van der Waals surface area contributed by atoms with Gasteiger partial charge in [-0.1, -0.05) is 0 Å². The van der Waals surface area contributed by atoms with Crippen LogP contribution in [0, 0.1) is 17.8 Å². The molecule has 2 aliphatic rings. The number of methoxy groups -OCH3 is 1. The van der Waals surface area contributed by atoms with Gasteiger partial charge in [0.1, 0.15) is 5.60 Å². The lowest BCUT2D eigenvalue weighted by Crippen LogP contribution is -2.36. The van der Waals surface area contributed by atoms with E-state index >= 15 is 0 Å². The lowest BCUT2D eigenvalue weighted by molar-refractivity contribution is -0.145. The van der Waals surface area contributed by atoms with Gasteiger partial charge in [0.2, 0.25) is 0 Å². The van der Waals surface area contributed by atoms with E-state index in [-0.39, 0.29) is 18.0 Å². The molecule has 1 heterocycles. The fourth-order valence-corrected chi connectivity index (χ4v) is 3.13. The van der Waals surface area contributed by atoms with Crippen LogP contribution in [0.5, 0.6) is 0 Å². The Morgan fingerprint density at radius 3 is 2.05 bits per heavy atom. The Labute approximate surface area is 114 Å². The van der Waals surface area contributed by atoms with Crippen LogP contribution in [0.25, 0.3) is 0 Å². The molecule has 1 amide bonds. The van der Waals surface area contributed by atoms with Crippen molar-refractivity contribution in [1.29, 1.82) is 0 Å². The van der Waals surface area contributed by atoms with Gasteiger partial charge in [0.05, 0.1) is 13.0 Å². The molecule has 0 aromatic rings. The molecule has 0 spiro atoms. The van der Waals surface area contributed by atoms with Crippen molar-refractivity contribution < 1.29 is 19.1 Å². The zero-order chi connectivity index (χ0) is 14.2. The van der Waals surface area contributed by atoms with Gasteiger partial charge in [-0.3, -0.25) is 4.79 Å². The van der Waals surface area contributed by atoms with E-state index < -0.39 is 5.60 Å². The summed E-state index contributed by atoms with van der Waals surface area (Å²) in [5.41, 5.74) is -0.455. The van der Waals surface area contributed by atoms with E-state index in [1.165, 1.54) is 7.11 Å². The number of nitrogens with zero attached hydrogens (tertiary/aromatic N) is 1. The van der Waals surface area contributed by atoms with E-state index in [2.05, 4.69) is 0 Å². The van der Waals surface area contributed by atoms with Crippen molar-refractivity contribution in [3.8, 4) is 0 Å². The smallest absolute Gasteiger partial charge is 0.410 e. The fourth-order valence-electron chi connectivity index (χ4n) is 3.13. The number of amides is 1. The molecule has 1 aliphatic carbocycles. The molecule has 0 aromatic heterocycles. The summed E-state index contributed by atoms with van der Waals surface area (Å²) in [5, 5.41) is 0. The molecule has 0 bridgehead atoms. The summed E-state index contributed by atoms with van der Waals surface area (Å²) in [6, 6.07) is 0. The van der Waals surface area contributed by atoms with Crippen LogP contribution in [0.3, 0.4) is 0 Å². The minimum absolute atomic E-state index is 0.0146. The zero-order valence-corrected chi connectivity index (χ0v) is 12.1. The van der Waals surface area contributed by atoms with E-state index in [4.69, 9.17) is 9.47 Å². The molecule has 1 aliphatic heterocycles. The lowest BCUT2D eigenvalue weighted by atomic mass is 10.0. The molecule has 2 atom stereocenters. The van der Waals surface area contributed by atoms with Crippen molar-refractivity contribution in [2.75, 3.05) is 20.2 Å². The van der Waals surface area contributed by atoms with Crippen molar-refractivity contribution in [3.63, 3.8) is 0 Å². The highest BCUT2D eigenvalue weighted by Crippen LogP contribution is 2.42. The summed E-state index contributed by atoms with van der Waals surface area (Å²) in [4.78, 5) is 25.3. The first kappa shape index (κ1) is 14.2. The first-order valence-electron chi connectivity index (χ1n) is 6.86. The molecule has 1 saturated carbocycles. The van der Waals surface area contributed by atoms with Crippen LogP contribution in [0.15, 0.2) is 0 Å². The quantitative estimate of drug-likeness (QED) is 0.684. The second-order valence-electron chi connectivity index (χ2n) is 6.60. The molecule has 1 saturated heterocycles. The van der Waals surface area contributed by atoms with E-state index in [9.17, 15) is 9.59 Å². The molecule has 5 heteroatoms. The Morgan fingerprint density at radius 2 is 1.63 bits per heavy atom. The summed E-state index contributed by atoms with van der Waals surface area (Å²) in [6.45, 7) is 7.01. The Bertz CT molecular complexity index is 360. The van der Waals surface area contributed by atoms with Gasteiger partial charge < -0.3 is 14.4 Å². The van der Waals surface area contributed by atoms with Crippen molar-refractivity contribution >= 4 is 12.1 Å². The molecule has 0 N–H and O–H groups in total. The number of ether oxygens (including phenoxy) is 2. The van der Waals surface area contributed by atoms with Gasteiger partial charge in [-0.15, -0.1) is 0 Å². The van der Waals surface area contributed by atoms with E-state index in [0.717, 1.165) is 12.8 Å². The Balaban J connectivity index is 1.87. The molecule has 19 heavy (non-hydrogen) atoms. The molecule has 2 unspecified atom stereocenters. The maximum atomic E-state index is 12.0. The van der Waals surface area contributed by atoms with Crippen LogP contribution in [-0.4, -0.2) is 42.8 Å². The predicted octanol–water partition coefficient (Wildman–Crippen LogP) is 2.05. The third-order valence-electron chi connectivity index (χ3n) is 3.94. The van der Waals surface area contributed by atoms with Gasteiger partial charge in [0.15, 0.2) is 0 Å². The van der Waals surface area contributed by atoms with Crippen LogP contribution in [0.4, 0.5) is 4.79 Å². The van der Waals surface area contributed by atoms with E-state index in [1.54, 1.807) is 4.90 Å². The highest BCUT2D eigenvalue weighted by atomic mass is 16.6. The fraction of sp³-hybridized carbons (Fsp3) is 0.857. The van der Waals surface area contributed by atoms with Crippen LogP contribution >= 0.6 is 0 Å². The number of carbonyl (C=O) groups excluding carboxylic acids is 2. The standard InChI is InChI=1S/C14H23NO4/c1-14(2,3)19-13(17)15-7-10-5-9(12(16)18-4)6-11(10)8-15/h9-11H,5-8H2,1-4H3. The summed E-state index contributed by atoms with van der Waals surface area (Å²) in [5.74, 6) is 0.729. The van der Waals surface area contributed by atoms with Gasteiger partial charge in [-0.25, -0.2) is 4.79 Å². The Kier molecular flexibility index (Phi) is 3.74. The number of likely N-dealkylation sites (tertiary alicyclic amines) is 1. The maximum Gasteiger partial charge on any atom is 0.410 e. The van der Waals surface area contributed by atoms with Crippen LogP contribution < -0.4 is 0 Å². The normalized spacial score (nSPS) is 30.1. The van der Waals surface area contributed by atoms with Gasteiger partial charge in [0, 0.05) is 13.1 Å². The van der Waals surface area contributed by atoms with Gasteiger partial charge >= 0.3 is 12.1 Å². The second kappa shape index (κ2) is 5.02. The molecule has 5 nitrogen and oxygen atoms in total. The predicted molar refractivity (Wildman–Crippen MR) is 69.5 cm³/mol. The summed E-state index contributed by atoms with van der Waals surface area (Å²) in [7, 11) is 1.43. The molecule has 0 aromatic carbocycles. The Hall–Kier alpha value is -1.26. The minimum atomic E-state index is -0.455. The molecule has 2 fully saturated rings. The molecule has 2 rings (SSSR count). The lowest BCUT2D eigenvalue weighted by Gasteiger charge is -2.25. The first-order chi connectivity index (χ1) is 8.80. The number of hydrogen-bond donors (Lipinski definition) is 0. The third kappa shape index (κ3) is 3.19. The van der Waals surface area contributed by atoms with Crippen LogP contribution in [0.2, 0.25) is 0 Å². The number of esters is 1. The first-order valence-corrected chi connectivity index (χ1v) is 6.86. The molecular formula is C14H23NO4. The SMILES string of the molecule is COC(=O)C1CC2CN(C(=O)OC(C)(C)C)CC2C1. The summed E-state index contributed by atoms with van der Waals surface area (Å²) < 4.78 is 10.2. The van der Waals surface area contributed by atoms with Crippen molar-refractivity contribution in [2.45, 2.75) is 39.2 Å². The Morgan fingerprint density at radius 1 is 1.11 bits per heavy atom. The van der Waals surface area contributed by atoms with Gasteiger partial charge in [-0.05, 0) is 45.4 Å². The third-order valence-corrected chi connectivity index (χ3v) is 3.94. The van der Waals surface area contributed by atoms with Crippen molar-refractivity contribution in [1.82, 2.24) is 4.90 Å². The molecule has 0 radical (unpaired) electrons. The van der Waals surface area contributed by atoms with E-state index in [1.807, 2.05) is 20.8 Å². The van der Waals surface area contributed by atoms with Crippen molar-refractivity contribution in [3.05, 3.63) is 0 Å².